The van der Waals surface area contributed by atoms with E-state index in [-0.39, 0.29) is 36.1 Å². The molecule has 1 fully saturated rings. The Morgan fingerprint density at radius 3 is 2.56 bits per heavy atom. The molecule has 1 aromatic heterocycles. The Morgan fingerprint density at radius 2 is 1.88 bits per heavy atom. The van der Waals surface area contributed by atoms with Crippen molar-refractivity contribution in [2.24, 2.45) is 11.7 Å². The number of hydrogen-bond acceptors (Lipinski definition) is 6. The van der Waals surface area contributed by atoms with E-state index < -0.39 is 0 Å². The molecule has 3 aromatic rings. The van der Waals surface area contributed by atoms with Gasteiger partial charge in [-0.2, -0.15) is 4.98 Å². The van der Waals surface area contributed by atoms with Gasteiger partial charge in [-0.1, -0.05) is 47.6 Å². The zero-order chi connectivity index (χ0) is 22.5. The summed E-state index contributed by atoms with van der Waals surface area (Å²) in [5.41, 5.74) is 7.27. The Balaban J connectivity index is 1.46. The summed E-state index contributed by atoms with van der Waals surface area (Å²) in [5, 5.41) is 7.12. The average molecular weight is 434 g/mol. The molecule has 32 heavy (non-hydrogen) atoms. The van der Waals surface area contributed by atoms with Crippen molar-refractivity contribution in [1.82, 2.24) is 15.5 Å². The molecule has 1 aliphatic rings. The molecule has 166 valence electrons. The van der Waals surface area contributed by atoms with Crippen molar-refractivity contribution in [3.63, 3.8) is 0 Å². The van der Waals surface area contributed by atoms with Crippen molar-refractivity contribution >= 4 is 11.8 Å². The van der Waals surface area contributed by atoms with Gasteiger partial charge in [0, 0.05) is 17.5 Å². The molecule has 0 saturated heterocycles. The lowest BCUT2D eigenvalue weighted by molar-refractivity contribution is -0.123. The minimum atomic E-state index is -0.388. The van der Waals surface area contributed by atoms with Gasteiger partial charge >= 0.3 is 0 Å². The molecular formula is C24H26N4O4. The highest BCUT2D eigenvalue weighted by Gasteiger charge is 2.41. The van der Waals surface area contributed by atoms with Crippen LogP contribution in [0.4, 0.5) is 0 Å². The second-order valence-electron chi connectivity index (χ2n) is 7.93. The molecule has 0 radical (unpaired) electrons. The topological polar surface area (TPSA) is 120 Å². The molecule has 4 rings (SSSR count). The Hall–Kier alpha value is -3.68. The second-order valence-corrected chi connectivity index (χ2v) is 7.93. The minimum Gasteiger partial charge on any atom is -0.494 e. The maximum atomic E-state index is 12.7. The maximum Gasteiger partial charge on any atom is 0.232 e. The molecule has 3 N–H and O–H groups in total. The zero-order valence-electron chi connectivity index (χ0n) is 17.9. The Morgan fingerprint density at radius 1 is 1.12 bits per heavy atom. The van der Waals surface area contributed by atoms with Crippen LogP contribution in [0.3, 0.4) is 0 Å². The zero-order valence-corrected chi connectivity index (χ0v) is 17.9. The van der Waals surface area contributed by atoms with Gasteiger partial charge in [-0.25, -0.2) is 0 Å². The summed E-state index contributed by atoms with van der Waals surface area (Å²) in [4.78, 5) is 29.1. The number of ether oxygens (including phenoxy) is 1. The number of amides is 2. The smallest absolute Gasteiger partial charge is 0.232 e. The quantitative estimate of drug-likeness (QED) is 0.562. The lowest BCUT2D eigenvalue weighted by Gasteiger charge is -2.18. The minimum absolute atomic E-state index is 0.142. The third kappa shape index (κ3) is 4.96. The number of rotatable bonds is 8. The van der Waals surface area contributed by atoms with Crippen LogP contribution < -0.4 is 15.8 Å². The van der Waals surface area contributed by atoms with Crippen molar-refractivity contribution in [2.45, 2.75) is 38.1 Å². The van der Waals surface area contributed by atoms with Gasteiger partial charge in [0.05, 0.1) is 18.9 Å². The number of nitrogens with two attached hydrogens (primary N) is 1. The van der Waals surface area contributed by atoms with Crippen molar-refractivity contribution in [3.05, 3.63) is 66.1 Å². The van der Waals surface area contributed by atoms with Crippen LogP contribution in [0.25, 0.3) is 11.4 Å². The first-order valence-corrected chi connectivity index (χ1v) is 10.7. The molecule has 2 aromatic carbocycles. The number of benzene rings is 2. The highest BCUT2D eigenvalue weighted by molar-refractivity contribution is 5.80. The van der Waals surface area contributed by atoms with E-state index in [4.69, 9.17) is 15.0 Å². The molecule has 1 saturated carbocycles. The second kappa shape index (κ2) is 9.64. The molecule has 8 nitrogen and oxygen atoms in total. The molecule has 1 heterocycles. The largest absolute Gasteiger partial charge is 0.494 e. The summed E-state index contributed by atoms with van der Waals surface area (Å²) in [7, 11) is 0. The number of primary amides is 1. The van der Waals surface area contributed by atoms with Crippen LogP contribution in [0.2, 0.25) is 0 Å². The summed E-state index contributed by atoms with van der Waals surface area (Å²) >= 11 is 0. The summed E-state index contributed by atoms with van der Waals surface area (Å²) < 4.78 is 11.0. The van der Waals surface area contributed by atoms with E-state index in [1.165, 1.54) is 0 Å². The van der Waals surface area contributed by atoms with Gasteiger partial charge in [0.15, 0.2) is 0 Å². The van der Waals surface area contributed by atoms with E-state index in [0.717, 1.165) is 16.9 Å². The van der Waals surface area contributed by atoms with E-state index in [0.29, 0.717) is 31.2 Å². The predicted molar refractivity (Wildman–Crippen MR) is 118 cm³/mol. The third-order valence-corrected chi connectivity index (χ3v) is 5.70. The lowest BCUT2D eigenvalue weighted by atomic mass is 10.0. The first-order chi connectivity index (χ1) is 15.5. The monoisotopic (exact) mass is 434 g/mol. The van der Waals surface area contributed by atoms with Crippen LogP contribution in [-0.4, -0.2) is 34.6 Å². The molecule has 3 atom stereocenters. The fraction of sp³-hybridized carbons (Fsp3) is 0.333. The first kappa shape index (κ1) is 21.5. The number of aromatic nitrogens is 2. The van der Waals surface area contributed by atoms with Crippen molar-refractivity contribution < 1.29 is 18.8 Å². The summed E-state index contributed by atoms with van der Waals surface area (Å²) in [5.74, 6) is 0.478. The van der Waals surface area contributed by atoms with E-state index in [1.807, 2.05) is 61.5 Å². The molecule has 0 unspecified atom stereocenters. The first-order valence-electron chi connectivity index (χ1n) is 10.7. The van der Waals surface area contributed by atoms with Crippen molar-refractivity contribution in [3.8, 4) is 17.1 Å². The summed E-state index contributed by atoms with van der Waals surface area (Å²) in [6, 6.07) is 16.6. The number of carbonyl (C=O) groups excluding carboxylic acids is 2. The lowest BCUT2D eigenvalue weighted by Crippen LogP contribution is -2.38. The molecule has 1 aliphatic carbocycles. The van der Waals surface area contributed by atoms with Gasteiger partial charge in [-0.3, -0.25) is 9.59 Å². The molecule has 2 amide bonds. The highest BCUT2D eigenvalue weighted by atomic mass is 16.5. The van der Waals surface area contributed by atoms with E-state index in [2.05, 4.69) is 15.5 Å². The highest BCUT2D eigenvalue weighted by Crippen LogP contribution is 2.38. The van der Waals surface area contributed by atoms with Crippen molar-refractivity contribution in [1.29, 1.82) is 0 Å². The van der Waals surface area contributed by atoms with Gasteiger partial charge in [0.2, 0.25) is 23.5 Å². The van der Waals surface area contributed by atoms with Crippen LogP contribution in [-0.2, 0) is 16.0 Å². The summed E-state index contributed by atoms with van der Waals surface area (Å²) in [6.07, 6.45) is 1.12. The number of nitrogens with one attached hydrogen (secondary N) is 1. The maximum absolute atomic E-state index is 12.7. The van der Waals surface area contributed by atoms with Gasteiger partial charge in [-0.15, -0.1) is 0 Å². The summed E-state index contributed by atoms with van der Waals surface area (Å²) in [6.45, 7) is 2.51. The SMILES string of the molecule is CCOc1ccc(CC(=O)N[C@H]2C[C@H](C(N)=O)C[C@H]2c2nc(-c3ccccc3)no2)cc1. The van der Waals surface area contributed by atoms with Crippen LogP contribution in [0.15, 0.2) is 59.1 Å². The van der Waals surface area contributed by atoms with E-state index >= 15 is 0 Å². The number of carbonyl (C=O) groups is 2. The van der Waals surface area contributed by atoms with Crippen molar-refractivity contribution in [2.75, 3.05) is 6.61 Å². The average Bonchev–Trinajstić information content (AvgIpc) is 3.43. The Kier molecular flexibility index (Phi) is 6.49. The van der Waals surface area contributed by atoms with Gasteiger partial charge in [0.25, 0.3) is 0 Å². The molecule has 0 aliphatic heterocycles. The van der Waals surface area contributed by atoms with Gasteiger partial charge in [0.1, 0.15) is 5.75 Å². The van der Waals surface area contributed by atoms with Crippen LogP contribution in [0.5, 0.6) is 5.75 Å². The van der Waals surface area contributed by atoms with Crippen LogP contribution in [0.1, 0.15) is 37.1 Å². The normalized spacial score (nSPS) is 20.1. The van der Waals surface area contributed by atoms with Gasteiger partial charge < -0.3 is 20.3 Å². The molecule has 8 heteroatoms. The van der Waals surface area contributed by atoms with E-state index in [1.54, 1.807) is 0 Å². The molecule has 0 bridgehead atoms. The predicted octanol–water partition coefficient (Wildman–Crippen LogP) is 2.84. The van der Waals surface area contributed by atoms with Crippen LogP contribution >= 0.6 is 0 Å². The standard InChI is InChI=1S/C24H26N4O4/c1-2-31-18-10-8-15(9-11-18)12-21(29)26-20-14-17(22(25)30)13-19(20)24-27-23(28-32-24)16-6-4-3-5-7-16/h3-11,17,19-20H,2,12-14H2,1H3,(H2,25,30)(H,26,29)/t17-,19-,20+/m1/s1. The Labute approximate surface area is 186 Å². The molecular weight excluding hydrogens is 408 g/mol. The Bertz CT molecular complexity index is 1070. The molecule has 0 spiro atoms. The van der Waals surface area contributed by atoms with E-state index in [9.17, 15) is 9.59 Å². The van der Waals surface area contributed by atoms with Crippen LogP contribution in [0, 0.1) is 5.92 Å². The number of nitrogens with zero attached hydrogens (tertiary/aromatic N) is 2. The fourth-order valence-corrected chi connectivity index (χ4v) is 4.11. The van der Waals surface area contributed by atoms with Gasteiger partial charge in [-0.05, 0) is 37.5 Å². The fourth-order valence-electron chi connectivity index (χ4n) is 4.11. The third-order valence-electron chi connectivity index (χ3n) is 5.70. The number of hydrogen-bond donors (Lipinski definition) is 2.